The molecule has 0 amide bonds. The van der Waals surface area contributed by atoms with E-state index in [1.807, 2.05) is 12.0 Å². The molecule has 3 aliphatic carbocycles. The summed E-state index contributed by atoms with van der Waals surface area (Å²) in [5.74, 6) is 2.27. The highest BCUT2D eigenvalue weighted by Gasteiger charge is 2.56. The number of nitrogens with one attached hydrogen (secondary N) is 1. The quantitative estimate of drug-likeness (QED) is 0.382. The normalized spacial score (nSPS) is 40.3. The van der Waals surface area contributed by atoms with E-state index >= 15 is 0 Å². The molecule has 29 heavy (non-hydrogen) atoms. The van der Waals surface area contributed by atoms with Crippen molar-refractivity contribution in [3.05, 3.63) is 12.2 Å². The molecule has 4 fully saturated rings. The molecule has 2 bridgehead atoms. The Morgan fingerprint density at radius 1 is 1.28 bits per heavy atom. The number of hydrogen-bond donors (Lipinski definition) is 3. The van der Waals surface area contributed by atoms with Gasteiger partial charge in [-0.25, -0.2) is 0 Å². The molecule has 3 saturated carbocycles. The Balaban J connectivity index is 1.60. The maximum Gasteiger partial charge on any atom is 0.109 e. The molecule has 0 unspecified atom stereocenters. The van der Waals surface area contributed by atoms with E-state index in [1.54, 1.807) is 0 Å². The number of aliphatic hydroxyl groups excluding tert-OH is 2. The standard InChI is InChI=1S/C24H44N2O3/c1-6-7-8-9-10-11-26-21(23(17(3)28)22(15-27)29-26)14-25-20-13-18-12-19(16(20)2)24(18,4)5/h7-8,16-23,25,27-28H,6,9-15H2,1-5H3/t16-,17-,18+,19-,20-,21+,22-,23-/m0/s1. The van der Waals surface area contributed by atoms with E-state index < -0.39 is 6.10 Å². The first kappa shape index (κ1) is 23.2. The van der Waals surface area contributed by atoms with E-state index in [9.17, 15) is 10.2 Å². The highest BCUT2D eigenvalue weighted by Crippen LogP contribution is 2.61. The summed E-state index contributed by atoms with van der Waals surface area (Å²) in [6, 6.07) is 0.643. The lowest BCUT2D eigenvalue weighted by Gasteiger charge is -2.62. The Hall–Kier alpha value is -0.460. The first-order valence-corrected chi connectivity index (χ1v) is 11.9. The number of nitrogens with zero attached hydrogens (tertiary/aromatic N) is 1. The number of aliphatic hydroxyl groups is 2. The summed E-state index contributed by atoms with van der Waals surface area (Å²) in [5, 5.41) is 26.2. The molecule has 5 nitrogen and oxygen atoms in total. The number of fused-ring (bicyclic) bond motifs is 2. The average Bonchev–Trinajstić information content (AvgIpc) is 3.04. The molecule has 4 aliphatic rings. The molecular weight excluding hydrogens is 364 g/mol. The summed E-state index contributed by atoms with van der Waals surface area (Å²) in [7, 11) is 0. The van der Waals surface area contributed by atoms with Crippen molar-refractivity contribution in [1.82, 2.24) is 10.4 Å². The lowest BCUT2D eigenvalue weighted by atomic mass is 9.45. The van der Waals surface area contributed by atoms with E-state index in [4.69, 9.17) is 4.84 Å². The number of allylic oxidation sites excluding steroid dienone is 2. The van der Waals surface area contributed by atoms with Crippen molar-refractivity contribution in [3.63, 3.8) is 0 Å². The summed E-state index contributed by atoms with van der Waals surface area (Å²) in [5.41, 5.74) is 0.496. The van der Waals surface area contributed by atoms with Gasteiger partial charge in [0.2, 0.25) is 0 Å². The topological polar surface area (TPSA) is 65.0 Å². The molecule has 1 aliphatic heterocycles. The monoisotopic (exact) mass is 408 g/mol. The molecule has 0 aromatic heterocycles. The van der Waals surface area contributed by atoms with Crippen molar-refractivity contribution >= 4 is 0 Å². The zero-order chi connectivity index (χ0) is 21.2. The van der Waals surface area contributed by atoms with Gasteiger partial charge in [-0.3, -0.25) is 4.84 Å². The van der Waals surface area contributed by atoms with Crippen LogP contribution >= 0.6 is 0 Å². The molecule has 0 aromatic carbocycles. The third kappa shape index (κ3) is 4.74. The molecule has 5 heteroatoms. The van der Waals surface area contributed by atoms with Crippen molar-refractivity contribution in [3.8, 4) is 0 Å². The first-order chi connectivity index (χ1) is 13.8. The summed E-state index contributed by atoms with van der Waals surface area (Å²) < 4.78 is 0. The van der Waals surface area contributed by atoms with Gasteiger partial charge in [0, 0.05) is 25.0 Å². The van der Waals surface area contributed by atoms with E-state index in [0.717, 1.165) is 44.2 Å². The Bertz CT molecular complexity index is 550. The second-order valence-corrected chi connectivity index (χ2v) is 10.3. The third-order valence-corrected chi connectivity index (χ3v) is 8.35. The molecular formula is C24H44N2O3. The second kappa shape index (κ2) is 9.78. The van der Waals surface area contributed by atoms with Gasteiger partial charge in [0.15, 0.2) is 0 Å². The summed E-state index contributed by atoms with van der Waals surface area (Å²) >= 11 is 0. The van der Waals surface area contributed by atoms with Crippen molar-refractivity contribution in [2.75, 3.05) is 19.7 Å². The van der Waals surface area contributed by atoms with Gasteiger partial charge in [0.05, 0.1) is 18.8 Å². The molecule has 0 aromatic rings. The average molecular weight is 409 g/mol. The van der Waals surface area contributed by atoms with Gasteiger partial charge in [-0.1, -0.05) is 39.8 Å². The Morgan fingerprint density at radius 2 is 2.03 bits per heavy atom. The fourth-order valence-electron chi connectivity index (χ4n) is 6.35. The number of rotatable bonds is 10. The van der Waals surface area contributed by atoms with Crippen LogP contribution in [0.3, 0.4) is 0 Å². The zero-order valence-electron chi connectivity index (χ0n) is 19.2. The van der Waals surface area contributed by atoms with Crippen molar-refractivity contribution < 1.29 is 15.1 Å². The van der Waals surface area contributed by atoms with Crippen LogP contribution in [0.1, 0.15) is 66.7 Å². The molecule has 1 heterocycles. The highest BCUT2D eigenvalue weighted by atomic mass is 16.7. The minimum absolute atomic E-state index is 0.0452. The maximum atomic E-state index is 10.4. The van der Waals surface area contributed by atoms with Crippen LogP contribution in [0.5, 0.6) is 0 Å². The Morgan fingerprint density at radius 3 is 2.62 bits per heavy atom. The van der Waals surface area contributed by atoms with Crippen LogP contribution in [0.25, 0.3) is 0 Å². The van der Waals surface area contributed by atoms with E-state index in [2.05, 4.69) is 45.2 Å². The first-order valence-electron chi connectivity index (χ1n) is 11.9. The minimum Gasteiger partial charge on any atom is -0.394 e. The van der Waals surface area contributed by atoms with Crippen LogP contribution in [0, 0.1) is 29.1 Å². The number of hydrogen-bond acceptors (Lipinski definition) is 5. The zero-order valence-corrected chi connectivity index (χ0v) is 19.2. The van der Waals surface area contributed by atoms with E-state index in [1.165, 1.54) is 12.8 Å². The summed E-state index contributed by atoms with van der Waals surface area (Å²) in [4.78, 5) is 6.09. The predicted molar refractivity (Wildman–Crippen MR) is 117 cm³/mol. The van der Waals surface area contributed by atoms with Gasteiger partial charge in [0.25, 0.3) is 0 Å². The Labute approximate surface area is 177 Å². The third-order valence-electron chi connectivity index (χ3n) is 8.35. The highest BCUT2D eigenvalue weighted by molar-refractivity contribution is 5.07. The van der Waals surface area contributed by atoms with Gasteiger partial charge in [-0.2, -0.15) is 5.06 Å². The lowest BCUT2D eigenvalue weighted by Crippen LogP contribution is -2.61. The summed E-state index contributed by atoms with van der Waals surface area (Å²) in [6.45, 7) is 12.9. The fraction of sp³-hybridized carbons (Fsp3) is 0.917. The Kier molecular flexibility index (Phi) is 7.83. The minimum atomic E-state index is -0.500. The largest absolute Gasteiger partial charge is 0.394 e. The molecule has 8 atom stereocenters. The van der Waals surface area contributed by atoms with E-state index in [-0.39, 0.29) is 24.7 Å². The molecule has 0 radical (unpaired) electrons. The van der Waals surface area contributed by atoms with Crippen LogP contribution in [-0.2, 0) is 4.84 Å². The molecule has 168 valence electrons. The number of hydroxylamine groups is 2. The van der Waals surface area contributed by atoms with Crippen LogP contribution in [0.2, 0.25) is 0 Å². The van der Waals surface area contributed by atoms with Crippen LogP contribution < -0.4 is 5.32 Å². The predicted octanol–water partition coefficient (Wildman–Crippen LogP) is 3.37. The van der Waals surface area contributed by atoms with Crippen molar-refractivity contribution in [2.24, 2.45) is 29.1 Å². The van der Waals surface area contributed by atoms with E-state index in [0.29, 0.717) is 17.4 Å². The van der Waals surface area contributed by atoms with Crippen LogP contribution in [0.4, 0.5) is 0 Å². The van der Waals surface area contributed by atoms with Crippen molar-refractivity contribution in [2.45, 2.75) is 91.0 Å². The molecule has 3 N–H and O–H groups in total. The molecule has 1 saturated heterocycles. The van der Waals surface area contributed by atoms with Gasteiger partial charge in [0.1, 0.15) is 6.10 Å². The fourth-order valence-corrected chi connectivity index (χ4v) is 6.35. The van der Waals surface area contributed by atoms with Gasteiger partial charge < -0.3 is 15.5 Å². The second-order valence-electron chi connectivity index (χ2n) is 10.3. The van der Waals surface area contributed by atoms with Crippen LogP contribution in [0.15, 0.2) is 12.2 Å². The SMILES string of the molecule is CCC=CCCCN1O[C@@H](CO)[C@@H]([C@H](C)O)[C@H]1CN[C@H]1C[C@H]2C[C@@H]([C@@H]1C)C2(C)C. The maximum absolute atomic E-state index is 10.4. The number of unbranched alkanes of at least 4 members (excludes halogenated alkanes) is 1. The van der Waals surface area contributed by atoms with Gasteiger partial charge >= 0.3 is 0 Å². The van der Waals surface area contributed by atoms with Crippen LogP contribution in [-0.4, -0.2) is 59.3 Å². The summed E-state index contributed by atoms with van der Waals surface area (Å²) in [6.07, 6.45) is 9.39. The molecule has 4 rings (SSSR count). The lowest BCUT2D eigenvalue weighted by molar-refractivity contribution is -0.172. The van der Waals surface area contributed by atoms with Crippen molar-refractivity contribution in [1.29, 1.82) is 0 Å². The van der Waals surface area contributed by atoms with Gasteiger partial charge in [-0.15, -0.1) is 0 Å². The van der Waals surface area contributed by atoms with Gasteiger partial charge in [-0.05, 0) is 62.2 Å². The molecule has 0 spiro atoms. The smallest absolute Gasteiger partial charge is 0.109 e.